The highest BCUT2D eigenvalue weighted by Crippen LogP contribution is 2.30. The van der Waals surface area contributed by atoms with Gasteiger partial charge in [-0.05, 0) is 49.4 Å². The van der Waals surface area contributed by atoms with E-state index in [1.54, 1.807) is 12.1 Å². The van der Waals surface area contributed by atoms with Crippen LogP contribution >= 0.6 is 0 Å². The lowest BCUT2D eigenvalue weighted by Crippen LogP contribution is -2.06. The number of hydrogen-bond donors (Lipinski definition) is 3. The molecule has 0 aliphatic carbocycles. The average Bonchev–Trinajstić information content (AvgIpc) is 2.49. The van der Waals surface area contributed by atoms with Crippen LogP contribution in [0, 0.1) is 11.3 Å². The van der Waals surface area contributed by atoms with Crippen LogP contribution in [0.1, 0.15) is 18.5 Å². The third-order valence-electron chi connectivity index (χ3n) is 3.02. The van der Waals surface area contributed by atoms with E-state index < -0.39 is 0 Å². The summed E-state index contributed by atoms with van der Waals surface area (Å²) in [4.78, 5) is 0. The van der Waals surface area contributed by atoms with Crippen molar-refractivity contribution in [3.8, 4) is 23.3 Å². The van der Waals surface area contributed by atoms with Gasteiger partial charge in [0, 0.05) is 11.3 Å². The Balaban J connectivity index is 2.07. The summed E-state index contributed by atoms with van der Waals surface area (Å²) in [6.45, 7) is 1.90. The first-order valence-electron chi connectivity index (χ1n) is 6.48. The fourth-order valence-electron chi connectivity index (χ4n) is 1.98. The molecule has 1 atom stereocenters. The smallest absolute Gasteiger partial charge is 0.174 e. The molecule has 5 nitrogen and oxygen atoms in total. The Bertz CT molecular complexity index is 648. The highest BCUT2D eigenvalue weighted by molar-refractivity contribution is 5.50. The van der Waals surface area contributed by atoms with E-state index in [1.165, 1.54) is 18.2 Å². The number of phenols is 2. The molecule has 1 unspecified atom stereocenters. The maximum atomic E-state index is 9.82. The number of nitriles is 1. The minimum atomic E-state index is -0.178. The van der Waals surface area contributed by atoms with Gasteiger partial charge < -0.3 is 20.3 Å². The van der Waals surface area contributed by atoms with E-state index in [0.717, 1.165) is 5.69 Å². The molecule has 0 radical (unpaired) electrons. The zero-order valence-electron chi connectivity index (χ0n) is 11.6. The average molecular weight is 284 g/mol. The Kier molecular flexibility index (Phi) is 4.52. The summed E-state index contributed by atoms with van der Waals surface area (Å²) in [5, 5.41) is 31.0. The summed E-state index contributed by atoms with van der Waals surface area (Å²) < 4.78 is 5.17. The van der Waals surface area contributed by atoms with Crippen LogP contribution in [-0.4, -0.2) is 16.8 Å². The van der Waals surface area contributed by atoms with Crippen LogP contribution in [0.4, 0.5) is 5.69 Å². The number of hydrogen-bond acceptors (Lipinski definition) is 5. The Morgan fingerprint density at radius 2 is 1.90 bits per heavy atom. The number of rotatable bonds is 5. The summed E-state index contributed by atoms with van der Waals surface area (Å²) in [5.74, 6) is 0.855. The molecule has 3 N–H and O–H groups in total. The Morgan fingerprint density at radius 3 is 2.57 bits per heavy atom. The lowest BCUT2D eigenvalue weighted by molar-refractivity contribution is 0.368. The molecule has 0 aliphatic heterocycles. The van der Waals surface area contributed by atoms with E-state index >= 15 is 0 Å². The fraction of sp³-hybridized carbons (Fsp3) is 0.188. The van der Waals surface area contributed by atoms with Crippen molar-refractivity contribution < 1.29 is 14.9 Å². The van der Waals surface area contributed by atoms with E-state index in [9.17, 15) is 10.2 Å². The molecule has 21 heavy (non-hydrogen) atoms. The van der Waals surface area contributed by atoms with Gasteiger partial charge in [0.25, 0.3) is 0 Å². The summed E-state index contributed by atoms with van der Waals surface area (Å²) in [7, 11) is 0. The van der Waals surface area contributed by atoms with Gasteiger partial charge in [0.2, 0.25) is 0 Å². The van der Waals surface area contributed by atoms with Gasteiger partial charge in [0.05, 0.1) is 6.04 Å². The molecule has 0 saturated heterocycles. The second-order valence-corrected chi connectivity index (χ2v) is 4.58. The molecule has 0 bridgehead atoms. The van der Waals surface area contributed by atoms with Crippen LogP contribution in [0.2, 0.25) is 0 Å². The SMILES string of the molecule is CC(Nc1ccc(OCC#N)cc1)c1cc(O)ccc1O. The summed E-state index contributed by atoms with van der Waals surface area (Å²) in [6.07, 6.45) is 0. The van der Waals surface area contributed by atoms with Gasteiger partial charge in [-0.25, -0.2) is 0 Å². The second kappa shape index (κ2) is 6.53. The van der Waals surface area contributed by atoms with Crippen molar-refractivity contribution in [1.82, 2.24) is 0 Å². The first kappa shape index (κ1) is 14.5. The Hall–Kier alpha value is -2.87. The minimum Gasteiger partial charge on any atom is -0.508 e. The summed E-state index contributed by atoms with van der Waals surface area (Å²) in [5.41, 5.74) is 1.45. The van der Waals surface area contributed by atoms with Gasteiger partial charge >= 0.3 is 0 Å². The number of phenolic OH excluding ortho intramolecular Hbond substituents is 2. The number of benzene rings is 2. The van der Waals surface area contributed by atoms with Gasteiger partial charge in [0.15, 0.2) is 6.61 Å². The van der Waals surface area contributed by atoms with Crippen LogP contribution in [0.3, 0.4) is 0 Å². The van der Waals surface area contributed by atoms with Crippen molar-refractivity contribution in [2.75, 3.05) is 11.9 Å². The number of nitrogens with one attached hydrogen (secondary N) is 1. The van der Waals surface area contributed by atoms with Gasteiger partial charge in [-0.1, -0.05) is 0 Å². The van der Waals surface area contributed by atoms with Crippen LogP contribution in [-0.2, 0) is 0 Å². The predicted octanol–water partition coefficient (Wildman–Crippen LogP) is 3.17. The molecule has 0 saturated carbocycles. The van der Waals surface area contributed by atoms with E-state index in [1.807, 2.05) is 25.1 Å². The normalized spacial score (nSPS) is 11.4. The van der Waals surface area contributed by atoms with Crippen LogP contribution in [0.15, 0.2) is 42.5 Å². The maximum absolute atomic E-state index is 9.82. The van der Waals surface area contributed by atoms with E-state index in [-0.39, 0.29) is 24.1 Å². The molecule has 2 rings (SSSR count). The van der Waals surface area contributed by atoms with Crippen molar-refractivity contribution >= 4 is 5.69 Å². The zero-order valence-corrected chi connectivity index (χ0v) is 11.6. The molecule has 0 aromatic heterocycles. The largest absolute Gasteiger partial charge is 0.508 e. The first-order valence-corrected chi connectivity index (χ1v) is 6.48. The van der Waals surface area contributed by atoms with Gasteiger partial charge in [0.1, 0.15) is 23.3 Å². The molecular formula is C16H16N2O3. The van der Waals surface area contributed by atoms with Crippen LogP contribution < -0.4 is 10.1 Å². The maximum Gasteiger partial charge on any atom is 0.174 e. The van der Waals surface area contributed by atoms with Crippen molar-refractivity contribution in [2.45, 2.75) is 13.0 Å². The second-order valence-electron chi connectivity index (χ2n) is 4.58. The minimum absolute atomic E-state index is 0.0142. The third kappa shape index (κ3) is 3.80. The Labute approximate surface area is 123 Å². The number of nitrogens with zero attached hydrogens (tertiary/aromatic N) is 1. The molecule has 2 aromatic carbocycles. The predicted molar refractivity (Wildman–Crippen MR) is 79.4 cm³/mol. The summed E-state index contributed by atoms with van der Waals surface area (Å²) in [6, 6.07) is 13.3. The molecular weight excluding hydrogens is 268 g/mol. The quantitative estimate of drug-likeness (QED) is 0.734. The molecule has 5 heteroatoms. The number of ether oxygens (including phenoxy) is 1. The molecule has 0 spiro atoms. The van der Waals surface area contributed by atoms with Crippen molar-refractivity contribution in [2.24, 2.45) is 0 Å². The molecule has 2 aromatic rings. The van der Waals surface area contributed by atoms with Crippen molar-refractivity contribution in [3.63, 3.8) is 0 Å². The molecule has 0 amide bonds. The molecule has 0 fully saturated rings. The first-order chi connectivity index (χ1) is 10.1. The highest BCUT2D eigenvalue weighted by Gasteiger charge is 2.11. The topological polar surface area (TPSA) is 85.5 Å². The third-order valence-corrected chi connectivity index (χ3v) is 3.02. The fourth-order valence-corrected chi connectivity index (χ4v) is 1.98. The van der Waals surface area contributed by atoms with Gasteiger partial charge in [-0.2, -0.15) is 5.26 Å². The lowest BCUT2D eigenvalue weighted by atomic mass is 10.1. The molecule has 0 aliphatic rings. The highest BCUT2D eigenvalue weighted by atomic mass is 16.5. The van der Waals surface area contributed by atoms with Gasteiger partial charge in [-0.3, -0.25) is 0 Å². The van der Waals surface area contributed by atoms with Crippen molar-refractivity contribution in [1.29, 1.82) is 5.26 Å². The molecule has 108 valence electrons. The van der Waals surface area contributed by atoms with Crippen molar-refractivity contribution in [3.05, 3.63) is 48.0 Å². The van der Waals surface area contributed by atoms with Crippen LogP contribution in [0.5, 0.6) is 17.2 Å². The monoisotopic (exact) mass is 284 g/mol. The van der Waals surface area contributed by atoms with Gasteiger partial charge in [-0.15, -0.1) is 0 Å². The zero-order chi connectivity index (χ0) is 15.2. The Morgan fingerprint density at radius 1 is 1.19 bits per heavy atom. The number of aromatic hydroxyl groups is 2. The van der Waals surface area contributed by atoms with E-state index in [0.29, 0.717) is 11.3 Å². The standard InChI is InChI=1S/C16H16N2O3/c1-11(15-10-13(19)4-7-16(15)20)18-12-2-5-14(6-3-12)21-9-8-17/h2-7,10-11,18-20H,9H2,1H3. The number of anilines is 1. The van der Waals surface area contributed by atoms with E-state index in [4.69, 9.17) is 10.00 Å². The summed E-state index contributed by atoms with van der Waals surface area (Å²) >= 11 is 0. The van der Waals surface area contributed by atoms with Crippen LogP contribution in [0.25, 0.3) is 0 Å². The lowest BCUT2D eigenvalue weighted by Gasteiger charge is -2.17. The van der Waals surface area contributed by atoms with E-state index in [2.05, 4.69) is 5.32 Å². The molecule has 0 heterocycles.